The molecule has 0 saturated carbocycles. The molecule has 7 heteroatoms. The molecule has 1 N–H and O–H groups in total. The van der Waals surface area contributed by atoms with Crippen molar-refractivity contribution < 1.29 is 13.2 Å². The standard InChI is InChI=1S/C17H26N2O3S.ClH/c1-12(2)22-17-7-6-16(10-13(17)3)23(20,21)19-14-4-5-15(19)11-18-9-8-14;/h6-7,10,12,14-15,18H,4-5,8-9,11H2,1-3H3;1H. The van der Waals surface area contributed by atoms with E-state index >= 15 is 0 Å². The molecule has 24 heavy (non-hydrogen) atoms. The Labute approximate surface area is 151 Å². The van der Waals surface area contributed by atoms with Gasteiger partial charge in [-0.3, -0.25) is 0 Å². The first-order valence-electron chi connectivity index (χ1n) is 8.41. The van der Waals surface area contributed by atoms with Crippen LogP contribution in [0.4, 0.5) is 0 Å². The third-order valence-electron chi connectivity index (χ3n) is 4.67. The average molecular weight is 375 g/mol. The summed E-state index contributed by atoms with van der Waals surface area (Å²) < 4.78 is 33.8. The number of rotatable bonds is 4. The maximum absolute atomic E-state index is 13.1. The van der Waals surface area contributed by atoms with Crippen molar-refractivity contribution in [3.8, 4) is 5.75 Å². The van der Waals surface area contributed by atoms with Crippen molar-refractivity contribution in [3.63, 3.8) is 0 Å². The molecule has 2 unspecified atom stereocenters. The Bertz CT molecular complexity index is 664. The summed E-state index contributed by atoms with van der Waals surface area (Å²) in [6, 6.07) is 5.41. The lowest BCUT2D eigenvalue weighted by molar-refractivity contribution is 0.240. The smallest absolute Gasteiger partial charge is 0.243 e. The zero-order valence-corrected chi connectivity index (χ0v) is 16.1. The van der Waals surface area contributed by atoms with Gasteiger partial charge in [-0.25, -0.2) is 8.42 Å². The van der Waals surface area contributed by atoms with Gasteiger partial charge in [0.25, 0.3) is 0 Å². The van der Waals surface area contributed by atoms with Crippen LogP contribution in [0, 0.1) is 6.92 Å². The molecule has 2 aliphatic heterocycles. The fraction of sp³-hybridized carbons (Fsp3) is 0.647. The first-order valence-corrected chi connectivity index (χ1v) is 9.85. The first-order chi connectivity index (χ1) is 10.9. The van der Waals surface area contributed by atoms with Gasteiger partial charge in [0, 0.05) is 18.6 Å². The number of nitrogens with one attached hydrogen (secondary N) is 1. The van der Waals surface area contributed by atoms with Crippen LogP contribution in [0.2, 0.25) is 0 Å². The minimum absolute atomic E-state index is 0. The van der Waals surface area contributed by atoms with E-state index in [9.17, 15) is 8.42 Å². The van der Waals surface area contributed by atoms with Gasteiger partial charge < -0.3 is 10.1 Å². The van der Waals surface area contributed by atoms with E-state index in [1.165, 1.54) is 0 Å². The van der Waals surface area contributed by atoms with Crippen molar-refractivity contribution in [2.75, 3.05) is 13.1 Å². The highest BCUT2D eigenvalue weighted by Crippen LogP contribution is 2.34. The van der Waals surface area contributed by atoms with Crippen LogP contribution in [0.1, 0.15) is 38.7 Å². The summed E-state index contributed by atoms with van der Waals surface area (Å²) in [5.41, 5.74) is 0.861. The van der Waals surface area contributed by atoms with Crippen LogP contribution >= 0.6 is 12.4 Å². The summed E-state index contributed by atoms with van der Waals surface area (Å²) in [6.45, 7) is 7.48. The predicted octanol–water partition coefficient (Wildman–Crippen LogP) is 2.72. The van der Waals surface area contributed by atoms with E-state index in [1.54, 1.807) is 22.5 Å². The number of ether oxygens (including phenoxy) is 1. The molecular formula is C17H27ClN2O3S. The number of aryl methyl sites for hydroxylation is 1. The Balaban J connectivity index is 0.00000208. The molecule has 2 fully saturated rings. The Morgan fingerprint density at radius 3 is 2.58 bits per heavy atom. The summed E-state index contributed by atoms with van der Waals surface area (Å²) in [6.07, 6.45) is 2.89. The van der Waals surface area contributed by atoms with Gasteiger partial charge in [-0.15, -0.1) is 12.4 Å². The second-order valence-electron chi connectivity index (χ2n) is 6.81. The maximum Gasteiger partial charge on any atom is 0.243 e. The maximum atomic E-state index is 13.1. The van der Waals surface area contributed by atoms with Crippen molar-refractivity contribution >= 4 is 22.4 Å². The molecule has 5 nitrogen and oxygen atoms in total. The van der Waals surface area contributed by atoms with E-state index in [2.05, 4.69) is 5.32 Å². The molecule has 1 aromatic rings. The van der Waals surface area contributed by atoms with Gasteiger partial charge in [0.05, 0.1) is 11.0 Å². The molecule has 0 spiro atoms. The number of benzene rings is 1. The van der Waals surface area contributed by atoms with Gasteiger partial charge in [-0.1, -0.05) is 0 Å². The molecule has 2 aliphatic rings. The third kappa shape index (κ3) is 3.72. The second-order valence-corrected chi connectivity index (χ2v) is 8.65. The van der Waals surface area contributed by atoms with Gasteiger partial charge >= 0.3 is 0 Å². The van der Waals surface area contributed by atoms with E-state index in [0.29, 0.717) is 4.90 Å². The molecule has 0 aliphatic carbocycles. The molecule has 0 radical (unpaired) electrons. The average Bonchev–Trinajstić information content (AvgIpc) is 2.74. The van der Waals surface area contributed by atoms with Crippen molar-refractivity contribution in [1.29, 1.82) is 0 Å². The molecule has 0 amide bonds. The van der Waals surface area contributed by atoms with Gasteiger partial charge in [0.15, 0.2) is 0 Å². The fourth-order valence-electron chi connectivity index (χ4n) is 3.62. The fourth-order valence-corrected chi connectivity index (χ4v) is 5.61. The Kier molecular flexibility index (Phi) is 6.18. The van der Waals surface area contributed by atoms with Gasteiger partial charge in [0.1, 0.15) is 5.75 Å². The summed E-state index contributed by atoms with van der Waals surface area (Å²) in [4.78, 5) is 0.380. The number of hydrogen-bond acceptors (Lipinski definition) is 4. The number of sulfonamides is 1. The topological polar surface area (TPSA) is 58.6 Å². The number of fused-ring (bicyclic) bond motifs is 2. The predicted molar refractivity (Wildman–Crippen MR) is 97.5 cm³/mol. The van der Waals surface area contributed by atoms with Crippen LogP contribution < -0.4 is 10.1 Å². The number of hydrogen-bond donors (Lipinski definition) is 1. The molecular weight excluding hydrogens is 348 g/mol. The zero-order valence-electron chi connectivity index (χ0n) is 14.5. The Morgan fingerprint density at radius 1 is 1.21 bits per heavy atom. The van der Waals surface area contributed by atoms with Crippen molar-refractivity contribution in [3.05, 3.63) is 23.8 Å². The number of nitrogens with zero attached hydrogens (tertiary/aromatic N) is 1. The molecule has 3 rings (SSSR count). The van der Waals surface area contributed by atoms with Crippen molar-refractivity contribution in [1.82, 2.24) is 9.62 Å². The summed E-state index contributed by atoms with van der Waals surface area (Å²) in [5, 5.41) is 3.35. The minimum atomic E-state index is -3.45. The van der Waals surface area contributed by atoms with E-state index in [-0.39, 0.29) is 30.6 Å². The molecule has 2 saturated heterocycles. The van der Waals surface area contributed by atoms with Gasteiger partial charge in [0.2, 0.25) is 10.0 Å². The van der Waals surface area contributed by atoms with Crippen LogP contribution in [0.25, 0.3) is 0 Å². The van der Waals surface area contributed by atoms with E-state index in [0.717, 1.165) is 43.7 Å². The van der Waals surface area contributed by atoms with Crippen LogP contribution in [0.5, 0.6) is 5.75 Å². The highest BCUT2D eigenvalue weighted by atomic mass is 35.5. The van der Waals surface area contributed by atoms with Gasteiger partial charge in [-0.2, -0.15) is 4.31 Å². The summed E-state index contributed by atoms with van der Waals surface area (Å²) >= 11 is 0. The molecule has 2 bridgehead atoms. The lowest BCUT2D eigenvalue weighted by atomic mass is 10.1. The van der Waals surface area contributed by atoms with Crippen LogP contribution in [-0.2, 0) is 10.0 Å². The first kappa shape index (κ1) is 19.5. The molecule has 136 valence electrons. The summed E-state index contributed by atoms with van der Waals surface area (Å²) in [7, 11) is -3.45. The molecule has 2 heterocycles. The molecule has 0 aromatic heterocycles. The molecule has 2 atom stereocenters. The zero-order chi connectivity index (χ0) is 16.6. The van der Waals surface area contributed by atoms with Crippen molar-refractivity contribution in [2.24, 2.45) is 0 Å². The normalized spacial score (nSPS) is 24.5. The highest BCUT2D eigenvalue weighted by molar-refractivity contribution is 7.89. The monoisotopic (exact) mass is 374 g/mol. The highest BCUT2D eigenvalue weighted by Gasteiger charge is 2.43. The number of halogens is 1. The van der Waals surface area contributed by atoms with Crippen LogP contribution in [-0.4, -0.2) is 44.0 Å². The van der Waals surface area contributed by atoms with E-state index in [1.807, 2.05) is 20.8 Å². The van der Waals surface area contributed by atoms with Crippen LogP contribution in [0.3, 0.4) is 0 Å². The third-order valence-corrected chi connectivity index (χ3v) is 6.67. The Morgan fingerprint density at radius 2 is 1.92 bits per heavy atom. The quantitative estimate of drug-likeness (QED) is 0.880. The SMILES string of the molecule is Cc1cc(S(=O)(=O)N2C3CCNCC2CC3)ccc1OC(C)C.Cl. The minimum Gasteiger partial charge on any atom is -0.491 e. The van der Waals surface area contributed by atoms with Crippen molar-refractivity contribution in [2.45, 2.75) is 63.1 Å². The van der Waals surface area contributed by atoms with Gasteiger partial charge in [-0.05, 0) is 70.3 Å². The molecule has 1 aromatic carbocycles. The van der Waals surface area contributed by atoms with E-state index < -0.39 is 10.0 Å². The summed E-state index contributed by atoms with van der Waals surface area (Å²) in [5.74, 6) is 0.749. The Hall–Kier alpha value is -0.820. The van der Waals surface area contributed by atoms with E-state index in [4.69, 9.17) is 4.74 Å². The lowest BCUT2D eigenvalue weighted by Gasteiger charge is -2.27. The lowest BCUT2D eigenvalue weighted by Crippen LogP contribution is -2.42. The second kappa shape index (κ2) is 7.60. The largest absolute Gasteiger partial charge is 0.491 e. The van der Waals surface area contributed by atoms with Crippen LogP contribution in [0.15, 0.2) is 23.1 Å².